The second-order valence-electron chi connectivity index (χ2n) is 8.60. The number of benzene rings is 1. The maximum atomic E-state index is 13.3. The van der Waals surface area contributed by atoms with Gasteiger partial charge in [-0.25, -0.2) is 9.78 Å². The highest BCUT2D eigenvalue weighted by molar-refractivity contribution is 6.30. The van der Waals surface area contributed by atoms with Crippen molar-refractivity contribution in [1.29, 1.82) is 5.26 Å². The number of aromatic nitrogens is 1. The zero-order chi connectivity index (χ0) is 23.4. The smallest absolute Gasteiger partial charge is 0.404 e. The summed E-state index contributed by atoms with van der Waals surface area (Å²) in [6.07, 6.45) is 0.380. The quantitative estimate of drug-likeness (QED) is 0.698. The first-order chi connectivity index (χ1) is 15.9. The van der Waals surface area contributed by atoms with Gasteiger partial charge in [0.1, 0.15) is 17.6 Å². The van der Waals surface area contributed by atoms with E-state index in [4.69, 9.17) is 22.0 Å². The summed E-state index contributed by atoms with van der Waals surface area (Å²) < 4.78 is 0. The van der Waals surface area contributed by atoms with Gasteiger partial charge < -0.3 is 20.2 Å². The number of nitriles is 1. The summed E-state index contributed by atoms with van der Waals surface area (Å²) in [4.78, 5) is 32.8. The highest BCUT2D eigenvalue weighted by Gasteiger charge is 2.39. The molecule has 8 nitrogen and oxygen atoms in total. The number of nitrogens with one attached hydrogen (secondary N) is 1. The molecule has 2 aliphatic rings. The molecule has 33 heavy (non-hydrogen) atoms. The number of likely N-dealkylation sites (tertiary alicyclic amines) is 1. The third-order valence-corrected chi connectivity index (χ3v) is 6.84. The number of amides is 2. The van der Waals surface area contributed by atoms with Gasteiger partial charge in [-0.1, -0.05) is 29.8 Å². The Labute approximate surface area is 197 Å². The fraction of sp³-hybridized carbons (Fsp3) is 0.417. The van der Waals surface area contributed by atoms with Crippen molar-refractivity contribution in [1.82, 2.24) is 15.2 Å². The van der Waals surface area contributed by atoms with E-state index in [-0.39, 0.29) is 23.7 Å². The normalized spacial score (nSPS) is 21.0. The number of piperidine rings is 1. The molecule has 0 bridgehead atoms. The van der Waals surface area contributed by atoms with Crippen molar-refractivity contribution >= 4 is 29.4 Å². The Kier molecular flexibility index (Phi) is 6.99. The number of anilines is 1. The summed E-state index contributed by atoms with van der Waals surface area (Å²) in [6, 6.07) is 15.0. The van der Waals surface area contributed by atoms with Crippen LogP contribution in [0.3, 0.4) is 0 Å². The molecular formula is C24H26ClN5O3. The van der Waals surface area contributed by atoms with E-state index in [1.165, 1.54) is 0 Å². The molecule has 4 rings (SSSR count). The zero-order valence-electron chi connectivity index (χ0n) is 18.2. The zero-order valence-corrected chi connectivity index (χ0v) is 18.9. The van der Waals surface area contributed by atoms with Crippen LogP contribution in [0.5, 0.6) is 0 Å². The van der Waals surface area contributed by atoms with Crippen LogP contribution in [0.1, 0.15) is 30.0 Å². The van der Waals surface area contributed by atoms with E-state index in [1.807, 2.05) is 41.3 Å². The number of carbonyl (C=O) groups excluding carboxylic acids is 1. The summed E-state index contributed by atoms with van der Waals surface area (Å²) in [5.41, 5.74) is 1.45. The van der Waals surface area contributed by atoms with Crippen molar-refractivity contribution in [3.05, 3.63) is 58.7 Å². The molecule has 2 saturated heterocycles. The van der Waals surface area contributed by atoms with Crippen molar-refractivity contribution in [3.63, 3.8) is 0 Å². The van der Waals surface area contributed by atoms with Gasteiger partial charge in [0.05, 0.1) is 0 Å². The monoisotopic (exact) mass is 467 g/mol. The summed E-state index contributed by atoms with van der Waals surface area (Å²) in [5, 5.41) is 21.3. The first kappa shape index (κ1) is 22.9. The van der Waals surface area contributed by atoms with Crippen LogP contribution in [0.4, 0.5) is 10.6 Å². The van der Waals surface area contributed by atoms with E-state index in [2.05, 4.69) is 21.3 Å². The Morgan fingerprint density at radius 1 is 1.15 bits per heavy atom. The molecule has 0 radical (unpaired) electrons. The maximum Gasteiger partial charge on any atom is 0.404 e. The molecule has 2 amide bonds. The Bertz CT molecular complexity index is 1050. The Hall–Kier alpha value is -3.31. The van der Waals surface area contributed by atoms with E-state index >= 15 is 0 Å². The molecule has 2 N–H and O–H groups in total. The topological polar surface area (TPSA) is 110 Å². The molecule has 3 heterocycles. The van der Waals surface area contributed by atoms with Gasteiger partial charge in [0, 0.05) is 55.5 Å². The first-order valence-electron chi connectivity index (χ1n) is 11.1. The average molecular weight is 468 g/mol. The number of halogens is 1. The third kappa shape index (κ3) is 5.37. The van der Waals surface area contributed by atoms with Crippen LogP contribution in [0.15, 0.2) is 42.5 Å². The first-order valence-corrected chi connectivity index (χ1v) is 11.5. The average Bonchev–Trinajstić information content (AvgIpc) is 3.27. The van der Waals surface area contributed by atoms with Gasteiger partial charge in [-0.05, 0) is 42.7 Å². The molecule has 2 fully saturated rings. The number of pyridine rings is 1. The maximum absolute atomic E-state index is 13.3. The van der Waals surface area contributed by atoms with E-state index in [0.717, 1.165) is 24.2 Å². The lowest BCUT2D eigenvalue weighted by Crippen LogP contribution is -2.42. The predicted octanol–water partition coefficient (Wildman–Crippen LogP) is 3.33. The van der Waals surface area contributed by atoms with Crippen LogP contribution in [-0.4, -0.2) is 59.7 Å². The number of carboxylic acid groups (broad SMARTS) is 1. The highest BCUT2D eigenvalue weighted by Crippen LogP contribution is 2.35. The lowest BCUT2D eigenvalue weighted by Gasteiger charge is -2.34. The Morgan fingerprint density at radius 2 is 1.88 bits per heavy atom. The Balaban J connectivity index is 1.40. The van der Waals surface area contributed by atoms with E-state index in [1.54, 1.807) is 6.07 Å². The van der Waals surface area contributed by atoms with Crippen LogP contribution in [0.25, 0.3) is 0 Å². The molecule has 1 aromatic heterocycles. The fourth-order valence-corrected chi connectivity index (χ4v) is 4.97. The van der Waals surface area contributed by atoms with Crippen molar-refractivity contribution in [3.8, 4) is 6.07 Å². The van der Waals surface area contributed by atoms with Gasteiger partial charge in [0.25, 0.3) is 0 Å². The van der Waals surface area contributed by atoms with Gasteiger partial charge in [0.15, 0.2) is 0 Å². The fourth-order valence-electron chi connectivity index (χ4n) is 4.84. The van der Waals surface area contributed by atoms with Crippen LogP contribution in [0, 0.1) is 23.2 Å². The lowest BCUT2D eigenvalue weighted by atomic mass is 9.89. The van der Waals surface area contributed by atoms with Crippen LogP contribution < -0.4 is 10.2 Å². The largest absolute Gasteiger partial charge is 0.465 e. The van der Waals surface area contributed by atoms with Crippen LogP contribution >= 0.6 is 11.6 Å². The molecule has 172 valence electrons. The number of nitrogens with zero attached hydrogens (tertiary/aromatic N) is 4. The highest BCUT2D eigenvalue weighted by atomic mass is 35.5. The van der Waals surface area contributed by atoms with Crippen molar-refractivity contribution in [2.75, 3.05) is 37.6 Å². The summed E-state index contributed by atoms with van der Waals surface area (Å²) in [5.74, 6) is 0.881. The van der Waals surface area contributed by atoms with Crippen LogP contribution in [-0.2, 0) is 4.79 Å². The SMILES string of the molecule is N#Cc1cccc(N2CCC(C(=O)N3C[C@H](CNC(=O)O)[C@H](c4ccc(Cl)cc4)C3)CC2)n1. The number of carbonyl (C=O) groups is 2. The van der Waals surface area contributed by atoms with Gasteiger partial charge >= 0.3 is 6.09 Å². The van der Waals surface area contributed by atoms with E-state index < -0.39 is 6.09 Å². The van der Waals surface area contributed by atoms with Crippen LogP contribution in [0.2, 0.25) is 5.02 Å². The summed E-state index contributed by atoms with van der Waals surface area (Å²) >= 11 is 6.03. The van der Waals surface area contributed by atoms with E-state index in [9.17, 15) is 9.59 Å². The molecule has 1 aromatic carbocycles. The third-order valence-electron chi connectivity index (χ3n) is 6.58. The molecule has 2 atom stereocenters. The molecule has 0 spiro atoms. The number of hydrogen-bond donors (Lipinski definition) is 2. The van der Waals surface area contributed by atoms with Gasteiger partial charge in [-0.15, -0.1) is 0 Å². The summed E-state index contributed by atoms with van der Waals surface area (Å²) in [7, 11) is 0. The summed E-state index contributed by atoms with van der Waals surface area (Å²) in [6.45, 7) is 2.80. The minimum Gasteiger partial charge on any atom is -0.465 e. The molecule has 0 saturated carbocycles. The molecule has 2 aromatic rings. The number of rotatable bonds is 5. The number of hydrogen-bond acceptors (Lipinski definition) is 5. The second-order valence-corrected chi connectivity index (χ2v) is 9.04. The van der Waals surface area contributed by atoms with Crippen molar-refractivity contribution < 1.29 is 14.7 Å². The van der Waals surface area contributed by atoms with Gasteiger partial charge in [0.2, 0.25) is 5.91 Å². The molecular weight excluding hydrogens is 442 g/mol. The predicted molar refractivity (Wildman–Crippen MR) is 124 cm³/mol. The Morgan fingerprint density at radius 3 is 2.55 bits per heavy atom. The van der Waals surface area contributed by atoms with Crippen molar-refractivity contribution in [2.45, 2.75) is 18.8 Å². The lowest BCUT2D eigenvalue weighted by molar-refractivity contribution is -0.135. The molecule has 0 aliphatic carbocycles. The standard InChI is InChI=1S/C24H26ClN5O3/c25-19-6-4-16(5-7-19)21-15-30(14-18(21)13-27-24(32)33)23(31)17-8-10-29(11-9-17)22-3-1-2-20(12-26)28-22/h1-7,17-18,21,27H,8-11,13-15H2,(H,32,33)/t18-,21-/m0/s1. The van der Waals surface area contributed by atoms with E-state index in [0.29, 0.717) is 43.4 Å². The van der Waals surface area contributed by atoms with Gasteiger partial charge in [-0.3, -0.25) is 4.79 Å². The minimum absolute atomic E-state index is 0.00392. The minimum atomic E-state index is -1.06. The molecule has 9 heteroatoms. The second kappa shape index (κ2) is 10.1. The van der Waals surface area contributed by atoms with Gasteiger partial charge in [-0.2, -0.15) is 5.26 Å². The molecule has 0 unspecified atom stereocenters. The van der Waals surface area contributed by atoms with Crippen molar-refractivity contribution in [2.24, 2.45) is 11.8 Å². The molecule has 2 aliphatic heterocycles.